The van der Waals surface area contributed by atoms with Gasteiger partial charge < -0.3 is 34.4 Å². The number of aromatic nitrogens is 1. The molecule has 0 aliphatic rings. The van der Waals surface area contributed by atoms with Gasteiger partial charge in [0.25, 0.3) is 5.08 Å². The van der Waals surface area contributed by atoms with E-state index in [4.69, 9.17) is 14.7 Å². The quantitative estimate of drug-likeness (QED) is 0.226. The smallest absolute Gasteiger partial charge is 0.872 e. The molecule has 9 nitrogen and oxygen atoms in total. The molecule has 0 aliphatic heterocycles. The number of hydrogen-bond acceptors (Lipinski definition) is 5. The molecule has 12 heteroatoms. The molecular weight excluding hydrogens is 383 g/mol. The second-order valence-electron chi connectivity index (χ2n) is 5.13. The molecule has 0 aliphatic carbocycles. The summed E-state index contributed by atoms with van der Waals surface area (Å²) in [6.45, 7) is -1.08. The van der Waals surface area contributed by atoms with Gasteiger partial charge in [0.2, 0.25) is 0 Å². The third kappa shape index (κ3) is 4.99. The van der Waals surface area contributed by atoms with Gasteiger partial charge in [0.05, 0.1) is 0 Å². The van der Waals surface area contributed by atoms with Gasteiger partial charge in [0, 0.05) is 11.6 Å². The third-order valence-electron chi connectivity index (χ3n) is 3.36. The van der Waals surface area contributed by atoms with Crippen molar-refractivity contribution < 1.29 is 73.0 Å². The number of benzene rings is 1. The zero-order valence-electron chi connectivity index (χ0n) is 13.1. The van der Waals surface area contributed by atoms with Gasteiger partial charge in [-0.25, -0.2) is 4.57 Å². The van der Waals surface area contributed by atoms with Gasteiger partial charge in [-0.3, -0.25) is 4.57 Å². The van der Waals surface area contributed by atoms with Gasteiger partial charge >= 0.3 is 37.2 Å². The molecule has 2 aromatic rings. The van der Waals surface area contributed by atoms with E-state index in [0.717, 1.165) is 4.57 Å². The van der Waals surface area contributed by atoms with E-state index in [-0.39, 0.29) is 35.3 Å². The summed E-state index contributed by atoms with van der Waals surface area (Å²) in [5, 5.41) is 17.3. The van der Waals surface area contributed by atoms with Crippen LogP contribution in [0.1, 0.15) is 0 Å². The molecule has 130 valence electrons. The molecular formula is C13H14NNaO8P2. The molecule has 0 bridgehead atoms. The first-order valence-corrected chi connectivity index (χ1v) is 9.71. The Balaban J connectivity index is 0.00000312. The van der Waals surface area contributed by atoms with Crippen LogP contribution in [0.4, 0.5) is 0 Å². The maximum Gasteiger partial charge on any atom is 1.00 e. The van der Waals surface area contributed by atoms with E-state index in [1.165, 1.54) is 42.7 Å². The number of aliphatic hydroxyl groups is 1. The Kier molecular flexibility index (Phi) is 7.17. The number of hydrogen-bond donors (Lipinski definition) is 4. The summed E-state index contributed by atoms with van der Waals surface area (Å²) in [5.41, 5.74) is 1.10. The first-order valence-electron chi connectivity index (χ1n) is 6.52. The van der Waals surface area contributed by atoms with Crippen LogP contribution in [0.15, 0.2) is 48.8 Å². The molecule has 4 N–H and O–H groups in total. The predicted octanol–water partition coefficient (Wildman–Crippen LogP) is -3.91. The van der Waals surface area contributed by atoms with Crippen LogP contribution < -0.4 is 44.1 Å². The van der Waals surface area contributed by atoms with Gasteiger partial charge in [0.1, 0.15) is 0 Å². The maximum absolute atomic E-state index is 11.4. The van der Waals surface area contributed by atoms with E-state index in [0.29, 0.717) is 11.1 Å². The summed E-state index contributed by atoms with van der Waals surface area (Å²) >= 11 is 0. The van der Waals surface area contributed by atoms with E-state index in [2.05, 4.69) is 0 Å². The Morgan fingerprint density at radius 2 is 1.60 bits per heavy atom. The fourth-order valence-corrected chi connectivity index (χ4v) is 4.04. The molecule has 0 fully saturated rings. The maximum atomic E-state index is 11.4. The van der Waals surface area contributed by atoms with Crippen LogP contribution in [0.5, 0.6) is 5.75 Å². The molecule has 1 aromatic carbocycles. The third-order valence-corrected chi connectivity index (χ3v) is 7.02. The monoisotopic (exact) mass is 397 g/mol. The van der Waals surface area contributed by atoms with Gasteiger partial charge in [-0.1, -0.05) is 24.3 Å². The summed E-state index contributed by atoms with van der Waals surface area (Å²) in [6.07, 6.45) is 2.58. The van der Waals surface area contributed by atoms with Gasteiger partial charge in [-0.05, 0) is 11.6 Å². The van der Waals surface area contributed by atoms with Crippen LogP contribution in [0.25, 0.3) is 11.1 Å². The van der Waals surface area contributed by atoms with Crippen LogP contribution in [-0.4, -0.2) is 24.9 Å². The molecule has 0 saturated heterocycles. The molecule has 0 radical (unpaired) electrons. The molecule has 1 aromatic heterocycles. The average Bonchev–Trinajstić information content (AvgIpc) is 2.46. The fraction of sp³-hybridized carbons (Fsp3) is 0.154. The van der Waals surface area contributed by atoms with Crippen LogP contribution >= 0.6 is 15.2 Å². The van der Waals surface area contributed by atoms with E-state index in [1.54, 1.807) is 6.07 Å². The molecule has 0 saturated carbocycles. The molecule has 2 atom stereocenters. The van der Waals surface area contributed by atoms with E-state index >= 15 is 0 Å². The van der Waals surface area contributed by atoms with Crippen molar-refractivity contribution in [3.63, 3.8) is 0 Å². The van der Waals surface area contributed by atoms with Crippen molar-refractivity contribution in [2.45, 2.75) is 11.6 Å². The summed E-state index contributed by atoms with van der Waals surface area (Å²) in [7, 11) is -11.4. The Morgan fingerprint density at radius 1 is 1.04 bits per heavy atom. The Hall–Kier alpha value is -0.570. The van der Waals surface area contributed by atoms with Crippen LogP contribution in [0, 0.1) is 0 Å². The van der Waals surface area contributed by atoms with Crippen molar-refractivity contribution in [3.8, 4) is 16.9 Å². The Morgan fingerprint density at radius 3 is 2.08 bits per heavy atom. The normalized spacial score (nSPS) is 16.4. The topological polar surface area (TPSA) is 165 Å². The molecule has 0 spiro atoms. The Bertz CT molecular complexity index is 810. The van der Waals surface area contributed by atoms with Crippen molar-refractivity contribution >= 4 is 15.2 Å². The van der Waals surface area contributed by atoms with Gasteiger partial charge in [-0.2, -0.15) is 0 Å². The summed E-state index contributed by atoms with van der Waals surface area (Å²) in [4.78, 5) is 38.6. The molecule has 2 unspecified atom stereocenters. The van der Waals surface area contributed by atoms with Crippen LogP contribution in [0.3, 0.4) is 0 Å². The molecule has 1 heterocycles. The molecule has 0 amide bonds. The first-order chi connectivity index (χ1) is 10.9. The predicted molar refractivity (Wildman–Crippen MR) is 78.3 cm³/mol. The van der Waals surface area contributed by atoms with Gasteiger partial charge in [0.15, 0.2) is 26.5 Å². The SMILES string of the molecule is O=P([O-])(O)C(O)(C[n+]1cccc(-c2ccc([O-])cc2)c1)P(=O)(O)O.[Na+]. The Labute approximate surface area is 165 Å². The van der Waals surface area contributed by atoms with Crippen molar-refractivity contribution in [3.05, 3.63) is 48.8 Å². The van der Waals surface area contributed by atoms with E-state index in [9.17, 15) is 24.2 Å². The zero-order chi connectivity index (χ0) is 18.2. The number of rotatable bonds is 5. The van der Waals surface area contributed by atoms with Crippen molar-refractivity contribution in [2.75, 3.05) is 0 Å². The van der Waals surface area contributed by atoms with Crippen molar-refractivity contribution in [1.82, 2.24) is 0 Å². The van der Waals surface area contributed by atoms with Crippen molar-refractivity contribution in [1.29, 1.82) is 0 Å². The fourth-order valence-electron chi connectivity index (χ4n) is 2.03. The van der Waals surface area contributed by atoms with E-state index < -0.39 is 26.8 Å². The molecule has 25 heavy (non-hydrogen) atoms. The minimum absolute atomic E-state index is 0. The summed E-state index contributed by atoms with van der Waals surface area (Å²) in [6, 6.07) is 8.73. The first kappa shape index (κ1) is 22.5. The largest absolute Gasteiger partial charge is 1.00 e. The molecule has 2 rings (SSSR count). The summed E-state index contributed by atoms with van der Waals surface area (Å²) in [5.74, 6) is -0.203. The van der Waals surface area contributed by atoms with E-state index in [1.807, 2.05) is 0 Å². The second kappa shape index (κ2) is 7.98. The zero-order valence-corrected chi connectivity index (χ0v) is 16.9. The van der Waals surface area contributed by atoms with Crippen molar-refractivity contribution in [2.24, 2.45) is 0 Å². The van der Waals surface area contributed by atoms with Crippen LogP contribution in [0.2, 0.25) is 0 Å². The van der Waals surface area contributed by atoms with Crippen LogP contribution in [-0.2, 0) is 15.7 Å². The number of nitrogens with zero attached hydrogens (tertiary/aromatic N) is 1. The minimum Gasteiger partial charge on any atom is -0.872 e. The second-order valence-corrected chi connectivity index (χ2v) is 9.09. The van der Waals surface area contributed by atoms with Gasteiger partial charge in [-0.15, -0.1) is 5.75 Å². The minimum atomic E-state index is -5.79. The summed E-state index contributed by atoms with van der Waals surface area (Å²) < 4.78 is 23.7. The standard InChI is InChI=1S/C13H15NO8P2.Na/c15-12-5-3-10(4-6-12)11-2-1-7-14(8-11)9-13(16,23(17,18)19)24(20,21)22;/h1-8,16H,9H2,(H4-,15,17,18,19,20,21,22);/q;+1/p-1. The average molecular weight is 397 g/mol. The number of pyridine rings is 1.